The van der Waals surface area contributed by atoms with Crippen LogP contribution in [-0.4, -0.2) is 48.3 Å². The van der Waals surface area contributed by atoms with E-state index in [1.54, 1.807) is 0 Å². The van der Waals surface area contributed by atoms with Crippen molar-refractivity contribution in [2.75, 3.05) is 20.1 Å². The molecule has 2 aliphatic heterocycles. The fourth-order valence-corrected chi connectivity index (χ4v) is 2.15. The lowest BCUT2D eigenvalue weighted by Gasteiger charge is -2.20. The number of fused-ring (bicyclic) bond motifs is 1. The first-order valence-electron chi connectivity index (χ1n) is 3.91. The number of rotatable bonds is 0. The van der Waals surface area contributed by atoms with Gasteiger partial charge in [-0.25, -0.2) is 0 Å². The number of aliphatic hydroxyl groups is 1. The summed E-state index contributed by atoms with van der Waals surface area (Å²) in [5, 5.41) is 12.8. The van der Waals surface area contributed by atoms with Crippen LogP contribution in [0, 0.1) is 0 Å². The topological polar surface area (TPSA) is 35.5 Å². The van der Waals surface area contributed by atoms with E-state index in [4.69, 9.17) is 0 Å². The third kappa shape index (κ3) is 0.779. The fourth-order valence-electron chi connectivity index (χ4n) is 2.15. The Morgan fingerprint density at radius 3 is 3.10 bits per heavy atom. The lowest BCUT2D eigenvalue weighted by atomic mass is 10.1. The van der Waals surface area contributed by atoms with Crippen LogP contribution < -0.4 is 5.32 Å². The predicted molar refractivity (Wildman–Crippen MR) is 38.8 cm³/mol. The van der Waals surface area contributed by atoms with E-state index in [2.05, 4.69) is 17.3 Å². The third-order valence-corrected chi connectivity index (χ3v) is 2.70. The number of hydrogen-bond acceptors (Lipinski definition) is 3. The number of aliphatic hydroxyl groups excluding tert-OH is 1. The summed E-state index contributed by atoms with van der Waals surface area (Å²) >= 11 is 0. The molecule has 0 spiro atoms. The Bertz CT molecular complexity index is 126. The molecular weight excluding hydrogens is 128 g/mol. The maximum Gasteiger partial charge on any atom is 0.0834 e. The molecule has 2 fully saturated rings. The fraction of sp³-hybridized carbons (Fsp3) is 1.00. The molecule has 2 saturated heterocycles. The van der Waals surface area contributed by atoms with Gasteiger partial charge < -0.3 is 10.4 Å². The van der Waals surface area contributed by atoms with Gasteiger partial charge in [0.2, 0.25) is 0 Å². The highest BCUT2D eigenvalue weighted by Gasteiger charge is 2.41. The Kier molecular flexibility index (Phi) is 1.44. The van der Waals surface area contributed by atoms with Crippen molar-refractivity contribution in [2.45, 2.75) is 24.6 Å². The van der Waals surface area contributed by atoms with Gasteiger partial charge in [-0.3, -0.25) is 4.90 Å². The number of β-amino-alcohol motifs (C(OH)–C–C–N with tert-alkyl or cyclic N) is 1. The molecular formula is C7H14N2O. The van der Waals surface area contributed by atoms with Crippen molar-refractivity contribution in [2.24, 2.45) is 0 Å². The number of likely N-dealkylation sites (tertiary alicyclic amines) is 1. The van der Waals surface area contributed by atoms with Crippen molar-refractivity contribution < 1.29 is 5.11 Å². The molecule has 58 valence electrons. The van der Waals surface area contributed by atoms with Crippen LogP contribution in [0.1, 0.15) is 6.42 Å². The van der Waals surface area contributed by atoms with Gasteiger partial charge in [0.15, 0.2) is 0 Å². The SMILES string of the molecule is CN1CC[C@H]2NC[C@H](O)[C@H]21. The second-order valence-corrected chi connectivity index (χ2v) is 3.34. The number of nitrogens with zero attached hydrogens (tertiary/aromatic N) is 1. The van der Waals surface area contributed by atoms with E-state index in [9.17, 15) is 5.11 Å². The summed E-state index contributed by atoms with van der Waals surface area (Å²) in [5.74, 6) is 0. The molecule has 0 aromatic heterocycles. The smallest absolute Gasteiger partial charge is 0.0834 e. The van der Waals surface area contributed by atoms with Crippen LogP contribution in [0.15, 0.2) is 0 Å². The Hall–Kier alpha value is -0.120. The molecule has 2 heterocycles. The molecule has 2 N–H and O–H groups in total. The van der Waals surface area contributed by atoms with Gasteiger partial charge in [0.1, 0.15) is 0 Å². The minimum atomic E-state index is -0.141. The molecule has 3 nitrogen and oxygen atoms in total. The normalized spacial score (nSPS) is 48.0. The van der Waals surface area contributed by atoms with Crippen LogP contribution in [0.2, 0.25) is 0 Å². The number of nitrogens with one attached hydrogen (secondary N) is 1. The maximum atomic E-state index is 9.47. The average Bonchev–Trinajstić information content (AvgIpc) is 2.40. The summed E-state index contributed by atoms with van der Waals surface area (Å²) in [5.41, 5.74) is 0. The molecule has 2 aliphatic rings. The van der Waals surface area contributed by atoms with Crippen LogP contribution >= 0.6 is 0 Å². The summed E-state index contributed by atoms with van der Waals surface area (Å²) in [7, 11) is 2.08. The van der Waals surface area contributed by atoms with Crippen LogP contribution in [0.3, 0.4) is 0 Å². The summed E-state index contributed by atoms with van der Waals surface area (Å²) in [6.07, 6.45) is 1.05. The summed E-state index contributed by atoms with van der Waals surface area (Å²) in [6.45, 7) is 1.90. The van der Waals surface area contributed by atoms with Crippen molar-refractivity contribution in [3.8, 4) is 0 Å². The summed E-state index contributed by atoms with van der Waals surface area (Å²) < 4.78 is 0. The van der Waals surface area contributed by atoms with E-state index < -0.39 is 0 Å². The zero-order valence-electron chi connectivity index (χ0n) is 6.25. The molecule has 0 amide bonds. The van der Waals surface area contributed by atoms with Crippen molar-refractivity contribution in [1.82, 2.24) is 10.2 Å². The first kappa shape index (κ1) is 6.58. The van der Waals surface area contributed by atoms with Crippen LogP contribution in [0.25, 0.3) is 0 Å². The molecule has 10 heavy (non-hydrogen) atoms. The van der Waals surface area contributed by atoms with Crippen LogP contribution in [-0.2, 0) is 0 Å². The van der Waals surface area contributed by atoms with Gasteiger partial charge in [0.05, 0.1) is 12.1 Å². The monoisotopic (exact) mass is 142 g/mol. The number of likely N-dealkylation sites (N-methyl/N-ethyl adjacent to an activating group) is 1. The van der Waals surface area contributed by atoms with Gasteiger partial charge in [-0.05, 0) is 20.0 Å². The summed E-state index contributed by atoms with van der Waals surface area (Å²) in [6, 6.07) is 0.944. The standard InChI is InChI=1S/C7H14N2O/c1-9-3-2-5-7(9)6(10)4-8-5/h5-8,10H,2-4H2,1H3/t5-,6+,7+/m1/s1. The molecule has 0 unspecified atom stereocenters. The van der Waals surface area contributed by atoms with Gasteiger partial charge in [0.25, 0.3) is 0 Å². The second-order valence-electron chi connectivity index (χ2n) is 3.34. The minimum Gasteiger partial charge on any atom is -0.390 e. The molecule has 3 heteroatoms. The molecule has 2 rings (SSSR count). The maximum absolute atomic E-state index is 9.47. The van der Waals surface area contributed by atoms with E-state index in [0.717, 1.165) is 13.1 Å². The Labute approximate surface area is 61.0 Å². The molecule has 3 atom stereocenters. The van der Waals surface area contributed by atoms with Gasteiger partial charge in [0, 0.05) is 12.6 Å². The Morgan fingerprint density at radius 1 is 1.60 bits per heavy atom. The van der Waals surface area contributed by atoms with Crippen LogP contribution in [0.4, 0.5) is 0 Å². The van der Waals surface area contributed by atoms with E-state index >= 15 is 0 Å². The van der Waals surface area contributed by atoms with E-state index in [1.165, 1.54) is 6.42 Å². The highest BCUT2D eigenvalue weighted by molar-refractivity contribution is 5.00. The molecule has 0 aromatic carbocycles. The lowest BCUT2D eigenvalue weighted by Crippen LogP contribution is -2.38. The molecule has 0 aliphatic carbocycles. The Balaban J connectivity index is 2.11. The van der Waals surface area contributed by atoms with Crippen LogP contribution in [0.5, 0.6) is 0 Å². The van der Waals surface area contributed by atoms with E-state index in [1.807, 2.05) is 0 Å². The first-order valence-corrected chi connectivity index (χ1v) is 3.91. The van der Waals surface area contributed by atoms with Gasteiger partial charge in [-0.15, -0.1) is 0 Å². The van der Waals surface area contributed by atoms with E-state index in [-0.39, 0.29) is 6.10 Å². The van der Waals surface area contributed by atoms with Gasteiger partial charge in [-0.1, -0.05) is 0 Å². The first-order chi connectivity index (χ1) is 4.79. The zero-order valence-corrected chi connectivity index (χ0v) is 6.25. The van der Waals surface area contributed by atoms with E-state index in [0.29, 0.717) is 12.1 Å². The Morgan fingerprint density at radius 2 is 2.40 bits per heavy atom. The number of hydrogen-bond donors (Lipinski definition) is 2. The third-order valence-electron chi connectivity index (χ3n) is 2.70. The molecule has 0 bridgehead atoms. The quantitative estimate of drug-likeness (QED) is 0.456. The minimum absolute atomic E-state index is 0.141. The average molecular weight is 142 g/mol. The predicted octanol–water partition coefficient (Wildman–Crippen LogP) is -0.977. The summed E-state index contributed by atoms with van der Waals surface area (Å²) in [4.78, 5) is 2.25. The van der Waals surface area contributed by atoms with Gasteiger partial charge in [-0.2, -0.15) is 0 Å². The van der Waals surface area contributed by atoms with Crippen molar-refractivity contribution >= 4 is 0 Å². The second kappa shape index (κ2) is 2.19. The highest BCUT2D eigenvalue weighted by atomic mass is 16.3. The van der Waals surface area contributed by atoms with Crippen molar-refractivity contribution in [1.29, 1.82) is 0 Å². The largest absolute Gasteiger partial charge is 0.390 e. The highest BCUT2D eigenvalue weighted by Crippen LogP contribution is 2.23. The molecule has 0 aromatic rings. The zero-order chi connectivity index (χ0) is 7.14. The van der Waals surface area contributed by atoms with Crippen molar-refractivity contribution in [3.05, 3.63) is 0 Å². The van der Waals surface area contributed by atoms with Gasteiger partial charge >= 0.3 is 0 Å². The molecule has 0 saturated carbocycles. The molecule has 0 radical (unpaired) electrons. The lowest BCUT2D eigenvalue weighted by molar-refractivity contribution is 0.113. The van der Waals surface area contributed by atoms with Crippen molar-refractivity contribution in [3.63, 3.8) is 0 Å².